The van der Waals surface area contributed by atoms with Gasteiger partial charge in [0.05, 0.1) is 6.04 Å². The molecule has 0 aliphatic carbocycles. The predicted octanol–water partition coefficient (Wildman–Crippen LogP) is -3.51. The number of unbranched alkanes of at least 4 members (excludes halogenated alkanes) is 3. The van der Waals surface area contributed by atoms with Crippen molar-refractivity contribution in [3.05, 3.63) is 0 Å². The maximum Gasteiger partial charge on any atom is 0.326 e. The van der Waals surface area contributed by atoms with E-state index in [0.717, 1.165) is 0 Å². The normalized spacial score (nSPS) is 16.2. The average Bonchev–Trinajstić information content (AvgIpc) is 3.81. The molecule has 1 saturated heterocycles. The number of aliphatic carboxylic acids is 1. The van der Waals surface area contributed by atoms with Gasteiger partial charge in [0.1, 0.15) is 42.3 Å². The van der Waals surface area contributed by atoms with Gasteiger partial charge in [-0.2, -0.15) is 0 Å². The van der Waals surface area contributed by atoms with Crippen LogP contribution < -0.4 is 77.8 Å². The summed E-state index contributed by atoms with van der Waals surface area (Å²) in [4.78, 5) is 119. The largest absolute Gasteiger partial charge is 0.480 e. The number of amides is 7. The van der Waals surface area contributed by atoms with Crippen molar-refractivity contribution in [1.29, 1.82) is 0 Å². The van der Waals surface area contributed by atoms with E-state index in [9.17, 15) is 43.5 Å². The van der Waals surface area contributed by atoms with Gasteiger partial charge in [0.15, 0.2) is 11.9 Å². The monoisotopic (exact) mass is 1020 g/mol. The first-order valence-electron chi connectivity index (χ1n) is 25.4. The van der Waals surface area contributed by atoms with Crippen molar-refractivity contribution in [3.8, 4) is 0 Å². The van der Waals surface area contributed by atoms with Crippen LogP contribution >= 0.6 is 0 Å². The summed E-state index contributed by atoms with van der Waals surface area (Å²) in [5.74, 6) is -6.60. The number of nitrogens with zero attached hydrogens (tertiary/aromatic N) is 3. The molecule has 1 fully saturated rings. The van der Waals surface area contributed by atoms with Crippen LogP contribution in [0, 0.1) is 11.8 Å². The molecule has 1 aliphatic heterocycles. The quantitative estimate of drug-likeness (QED) is 0.0163. The van der Waals surface area contributed by atoms with Gasteiger partial charge in [-0.1, -0.05) is 27.7 Å². The molecular formula is C46H89N17O9. The molecule has 0 bridgehead atoms. The lowest BCUT2D eigenvalue weighted by atomic mass is 9.98. The molecule has 23 N–H and O–H groups in total. The molecule has 26 nitrogen and oxygen atoms in total. The Balaban J connectivity index is 3.36. The summed E-state index contributed by atoms with van der Waals surface area (Å²) in [6.45, 7) is 8.71. The Hall–Kier alpha value is -5.86. The smallest absolute Gasteiger partial charge is 0.326 e. The van der Waals surface area contributed by atoms with Gasteiger partial charge in [-0.05, 0) is 134 Å². The Labute approximate surface area is 424 Å². The maximum absolute atomic E-state index is 14.3. The minimum atomic E-state index is -1.26. The van der Waals surface area contributed by atoms with Gasteiger partial charge in [0, 0.05) is 19.6 Å². The summed E-state index contributed by atoms with van der Waals surface area (Å²) in [6.07, 6.45) is 5.21. The van der Waals surface area contributed by atoms with E-state index in [1.165, 1.54) is 4.90 Å². The fourth-order valence-electron chi connectivity index (χ4n) is 8.01. The van der Waals surface area contributed by atoms with Crippen molar-refractivity contribution in [1.82, 2.24) is 36.8 Å². The van der Waals surface area contributed by atoms with Gasteiger partial charge in [-0.3, -0.25) is 43.5 Å². The van der Waals surface area contributed by atoms with Gasteiger partial charge in [0.2, 0.25) is 41.4 Å². The van der Waals surface area contributed by atoms with Crippen LogP contribution in [-0.2, 0) is 38.4 Å². The molecule has 8 unspecified atom stereocenters. The molecule has 0 aromatic carbocycles. The summed E-state index contributed by atoms with van der Waals surface area (Å²) in [5.41, 5.74) is 44.9. The van der Waals surface area contributed by atoms with Crippen molar-refractivity contribution in [2.75, 3.05) is 39.3 Å². The first-order valence-corrected chi connectivity index (χ1v) is 25.4. The summed E-state index contributed by atoms with van der Waals surface area (Å²) in [6, 6.07) is -8.98. The Morgan fingerprint density at radius 3 is 1.39 bits per heavy atom. The molecule has 0 aromatic heterocycles. The van der Waals surface area contributed by atoms with Gasteiger partial charge in [-0.15, -0.1) is 0 Å². The van der Waals surface area contributed by atoms with Crippen LogP contribution in [0.5, 0.6) is 0 Å². The van der Waals surface area contributed by atoms with E-state index in [0.29, 0.717) is 71.0 Å². The zero-order valence-corrected chi connectivity index (χ0v) is 43.0. The predicted molar refractivity (Wildman–Crippen MR) is 275 cm³/mol. The number of carbonyl (C=O) groups is 8. The molecule has 7 amide bonds. The van der Waals surface area contributed by atoms with Crippen LogP contribution in [0.25, 0.3) is 0 Å². The van der Waals surface area contributed by atoms with Crippen molar-refractivity contribution >= 4 is 59.2 Å². The lowest BCUT2D eigenvalue weighted by Gasteiger charge is -2.32. The number of nitrogens with one attached hydrogen (secondary N) is 6. The SMILES string of the molecule is CC(C)CC(NC(=O)C(CCCCN)NC(=O)C(CCCCN)NC(=O)C(CCCCN)NC(=O)C(N)CCCN=C(N)N)C(=O)NC(C(=O)N1CCCC1C(=O)NC(CCCN=C(N)N)C(=O)O)C(C)C. The fourth-order valence-corrected chi connectivity index (χ4v) is 8.01. The van der Waals surface area contributed by atoms with Gasteiger partial charge in [0.25, 0.3) is 0 Å². The molecule has 8 atom stereocenters. The summed E-state index contributed by atoms with van der Waals surface area (Å²) in [7, 11) is 0. The van der Waals surface area contributed by atoms with E-state index in [1.54, 1.807) is 13.8 Å². The number of hydrogen-bond acceptors (Lipinski definition) is 14. The van der Waals surface area contributed by atoms with Crippen LogP contribution in [0.3, 0.4) is 0 Å². The lowest BCUT2D eigenvalue weighted by molar-refractivity contribution is -0.145. The Kier molecular flexibility index (Phi) is 31.4. The third-order valence-corrected chi connectivity index (χ3v) is 12.0. The summed E-state index contributed by atoms with van der Waals surface area (Å²) < 4.78 is 0. The lowest BCUT2D eigenvalue weighted by Crippen LogP contribution is -2.61. The second-order valence-electron chi connectivity index (χ2n) is 19.1. The third-order valence-electron chi connectivity index (χ3n) is 12.0. The van der Waals surface area contributed by atoms with Crippen LogP contribution in [0.4, 0.5) is 0 Å². The summed E-state index contributed by atoms with van der Waals surface area (Å²) in [5, 5.41) is 26.2. The highest BCUT2D eigenvalue weighted by atomic mass is 16.4. The van der Waals surface area contributed by atoms with E-state index in [1.807, 2.05) is 13.8 Å². The number of nitrogens with two attached hydrogens (primary N) is 8. The number of hydrogen-bond donors (Lipinski definition) is 15. The highest BCUT2D eigenvalue weighted by molar-refractivity contribution is 5.98. The Bertz CT molecular complexity index is 1780. The van der Waals surface area contributed by atoms with Crippen LogP contribution in [0.2, 0.25) is 0 Å². The highest BCUT2D eigenvalue weighted by Crippen LogP contribution is 2.22. The molecule has 1 heterocycles. The molecule has 0 radical (unpaired) electrons. The second kappa shape index (κ2) is 35.3. The summed E-state index contributed by atoms with van der Waals surface area (Å²) >= 11 is 0. The molecule has 0 saturated carbocycles. The van der Waals surface area contributed by atoms with Crippen LogP contribution in [0.15, 0.2) is 9.98 Å². The number of rotatable bonds is 37. The highest BCUT2D eigenvalue weighted by Gasteiger charge is 2.41. The molecule has 0 spiro atoms. The average molecular weight is 1020 g/mol. The number of likely N-dealkylation sites (tertiary alicyclic amines) is 1. The van der Waals surface area contributed by atoms with Gasteiger partial charge < -0.3 is 87.8 Å². The minimum Gasteiger partial charge on any atom is -0.480 e. The second-order valence-corrected chi connectivity index (χ2v) is 19.1. The Morgan fingerprint density at radius 2 is 0.972 bits per heavy atom. The molecule has 26 heteroatoms. The minimum absolute atomic E-state index is 0.0363. The van der Waals surface area contributed by atoms with Gasteiger partial charge in [-0.25, -0.2) is 4.79 Å². The molecule has 1 aliphatic rings. The zero-order valence-electron chi connectivity index (χ0n) is 43.0. The van der Waals surface area contributed by atoms with E-state index >= 15 is 0 Å². The van der Waals surface area contributed by atoms with E-state index in [4.69, 9.17) is 45.9 Å². The zero-order chi connectivity index (χ0) is 54.3. The molecular weight excluding hydrogens is 935 g/mol. The van der Waals surface area contributed by atoms with E-state index in [-0.39, 0.29) is 88.8 Å². The number of carboxylic acids is 1. The molecule has 72 heavy (non-hydrogen) atoms. The first kappa shape index (κ1) is 64.2. The van der Waals surface area contributed by atoms with Crippen molar-refractivity contribution in [3.63, 3.8) is 0 Å². The number of guanidine groups is 2. The molecule has 0 aromatic rings. The number of carboxylic acid groups (broad SMARTS) is 1. The maximum atomic E-state index is 14.3. The number of aliphatic imine (C=N–C) groups is 2. The van der Waals surface area contributed by atoms with Crippen molar-refractivity contribution in [2.45, 2.75) is 179 Å². The standard InChI is InChI=1S/C46H89N17O9/c1-27(2)26-34(41(68)62-36(28(3)4)43(70)63-25-13-19-35(63)42(69)60-33(44(71)72)18-12-24-56-46(53)54)61-40(67)32(17-7-10-22-49)59-39(66)31(16-6-9-21-48)58-38(65)30(15-5-8-20-47)57-37(64)29(50)14-11-23-55-45(51)52/h27-36H,5-26,47-50H2,1-4H3,(H,57,64)(H,58,65)(H,59,66)(H,60,69)(H,61,67)(H,62,68)(H,71,72)(H4,51,52,55)(H4,53,54,56). The fraction of sp³-hybridized carbons (Fsp3) is 0.783. The molecule has 412 valence electrons. The third kappa shape index (κ3) is 25.0. The Morgan fingerprint density at radius 1 is 0.556 bits per heavy atom. The van der Waals surface area contributed by atoms with Crippen molar-refractivity contribution < 1.29 is 43.5 Å². The van der Waals surface area contributed by atoms with Crippen LogP contribution in [0.1, 0.15) is 130 Å². The van der Waals surface area contributed by atoms with E-state index < -0.39 is 102 Å². The molecule has 1 rings (SSSR count). The van der Waals surface area contributed by atoms with E-state index in [2.05, 4.69) is 41.9 Å². The first-order chi connectivity index (χ1) is 34.1. The van der Waals surface area contributed by atoms with Crippen molar-refractivity contribution in [2.24, 2.45) is 67.7 Å². The van der Waals surface area contributed by atoms with Gasteiger partial charge >= 0.3 is 5.97 Å². The topological polar surface area (TPSA) is 465 Å². The van der Waals surface area contributed by atoms with Crippen LogP contribution in [-0.4, -0.2) is 157 Å². The number of carbonyl (C=O) groups excluding carboxylic acids is 7.